The number of carbonyl (C=O) groups excluding carboxylic acids is 1. The van der Waals surface area contributed by atoms with E-state index in [4.69, 9.17) is 4.74 Å². The number of rotatable bonds is 3. The molecular formula is C17H18FN3O2. The number of carbonyl (C=O) groups is 1. The van der Waals surface area contributed by atoms with Crippen molar-refractivity contribution in [3.05, 3.63) is 30.1 Å². The van der Waals surface area contributed by atoms with Gasteiger partial charge >= 0.3 is 0 Å². The Morgan fingerprint density at radius 3 is 2.78 bits per heavy atom. The van der Waals surface area contributed by atoms with E-state index in [1.54, 1.807) is 6.07 Å². The molecule has 1 aliphatic carbocycles. The second-order valence-electron chi connectivity index (χ2n) is 6.06. The van der Waals surface area contributed by atoms with E-state index in [0.717, 1.165) is 31.7 Å². The predicted molar refractivity (Wildman–Crippen MR) is 86.1 cm³/mol. The number of aromatic nitrogens is 1. The van der Waals surface area contributed by atoms with Crippen LogP contribution in [0.15, 0.2) is 24.3 Å². The van der Waals surface area contributed by atoms with E-state index in [0.29, 0.717) is 29.8 Å². The van der Waals surface area contributed by atoms with Gasteiger partial charge in [0.15, 0.2) is 5.82 Å². The van der Waals surface area contributed by atoms with Gasteiger partial charge in [-0.3, -0.25) is 4.79 Å². The lowest BCUT2D eigenvalue weighted by Gasteiger charge is -2.28. The lowest BCUT2D eigenvalue weighted by molar-refractivity contribution is -0.117. The van der Waals surface area contributed by atoms with Gasteiger partial charge in [0.05, 0.1) is 13.2 Å². The highest BCUT2D eigenvalue weighted by Gasteiger charge is 2.29. The third-order valence-corrected chi connectivity index (χ3v) is 4.28. The second kappa shape index (κ2) is 5.77. The van der Waals surface area contributed by atoms with E-state index in [2.05, 4.69) is 15.2 Å². The number of benzene rings is 1. The molecule has 0 spiro atoms. The van der Waals surface area contributed by atoms with Crippen LogP contribution in [0.1, 0.15) is 12.8 Å². The maximum atomic E-state index is 14.4. The molecule has 0 bridgehead atoms. The lowest BCUT2D eigenvalue weighted by Crippen LogP contribution is -2.36. The zero-order valence-corrected chi connectivity index (χ0v) is 12.7. The molecule has 6 heteroatoms. The van der Waals surface area contributed by atoms with Gasteiger partial charge < -0.3 is 15.0 Å². The lowest BCUT2D eigenvalue weighted by atomic mass is 10.1. The van der Waals surface area contributed by atoms with E-state index in [9.17, 15) is 9.18 Å². The maximum absolute atomic E-state index is 14.4. The molecule has 1 saturated carbocycles. The summed E-state index contributed by atoms with van der Waals surface area (Å²) < 4.78 is 19.7. The van der Waals surface area contributed by atoms with E-state index < -0.39 is 5.82 Å². The van der Waals surface area contributed by atoms with Crippen LogP contribution in [0, 0.1) is 11.7 Å². The number of hydrogen-bond donors (Lipinski definition) is 1. The van der Waals surface area contributed by atoms with E-state index in [1.165, 1.54) is 6.07 Å². The number of fused-ring (bicyclic) bond motifs is 1. The molecule has 1 aromatic heterocycles. The fourth-order valence-corrected chi connectivity index (χ4v) is 2.81. The summed E-state index contributed by atoms with van der Waals surface area (Å²) >= 11 is 0. The first-order valence-electron chi connectivity index (χ1n) is 7.94. The minimum Gasteiger partial charge on any atom is -0.378 e. The Labute approximate surface area is 133 Å². The zero-order valence-electron chi connectivity index (χ0n) is 12.7. The summed E-state index contributed by atoms with van der Waals surface area (Å²) in [4.78, 5) is 18.4. The van der Waals surface area contributed by atoms with Crippen LogP contribution in [0.25, 0.3) is 10.9 Å². The van der Waals surface area contributed by atoms with Gasteiger partial charge in [-0.25, -0.2) is 9.37 Å². The van der Waals surface area contributed by atoms with E-state index in [1.807, 2.05) is 12.1 Å². The number of amides is 1. The summed E-state index contributed by atoms with van der Waals surface area (Å²) in [6.07, 6.45) is 1.85. The molecule has 1 amide bonds. The van der Waals surface area contributed by atoms with Crippen molar-refractivity contribution in [2.75, 3.05) is 36.5 Å². The molecule has 1 aliphatic heterocycles. The molecule has 1 saturated heterocycles. The second-order valence-corrected chi connectivity index (χ2v) is 6.06. The standard InChI is InChI=1S/C17H18FN3O2/c18-14-10-13(19-17(22)11-1-2-11)9-12-3-4-15(20-16(12)14)21-5-7-23-8-6-21/h3-4,9-11H,1-2,5-8H2,(H,19,22). The Kier molecular flexibility index (Phi) is 3.61. The van der Waals surface area contributed by atoms with Crippen LogP contribution in [0.2, 0.25) is 0 Å². The predicted octanol–water partition coefficient (Wildman–Crippen LogP) is 2.56. The van der Waals surface area contributed by atoms with Crippen LogP contribution in [0.4, 0.5) is 15.9 Å². The van der Waals surface area contributed by atoms with Crippen LogP contribution in [-0.2, 0) is 9.53 Å². The Bertz CT molecular complexity index is 755. The number of nitrogens with one attached hydrogen (secondary N) is 1. The number of hydrogen-bond acceptors (Lipinski definition) is 4. The maximum Gasteiger partial charge on any atom is 0.227 e. The van der Waals surface area contributed by atoms with Crippen molar-refractivity contribution in [1.29, 1.82) is 0 Å². The molecule has 0 atom stereocenters. The highest BCUT2D eigenvalue weighted by Crippen LogP contribution is 2.31. The Morgan fingerprint density at radius 1 is 1.26 bits per heavy atom. The SMILES string of the molecule is O=C(Nc1cc(F)c2nc(N3CCOCC3)ccc2c1)C1CC1. The smallest absolute Gasteiger partial charge is 0.227 e. The van der Waals surface area contributed by atoms with Gasteiger partial charge in [-0.15, -0.1) is 0 Å². The van der Waals surface area contributed by atoms with Gasteiger partial charge in [0, 0.05) is 30.1 Å². The van der Waals surface area contributed by atoms with Crippen molar-refractivity contribution < 1.29 is 13.9 Å². The molecule has 1 N–H and O–H groups in total. The molecule has 5 nitrogen and oxygen atoms in total. The van der Waals surface area contributed by atoms with Crippen LogP contribution < -0.4 is 10.2 Å². The molecule has 2 fully saturated rings. The molecule has 2 aromatic rings. The minimum absolute atomic E-state index is 0.0263. The molecule has 23 heavy (non-hydrogen) atoms. The van der Waals surface area contributed by atoms with E-state index >= 15 is 0 Å². The molecule has 4 rings (SSSR count). The molecular weight excluding hydrogens is 297 g/mol. The van der Waals surface area contributed by atoms with Crippen LogP contribution in [0.5, 0.6) is 0 Å². The van der Waals surface area contributed by atoms with E-state index in [-0.39, 0.29) is 11.8 Å². The van der Waals surface area contributed by atoms with Gasteiger partial charge in [0.2, 0.25) is 5.91 Å². The number of pyridine rings is 1. The first-order valence-corrected chi connectivity index (χ1v) is 7.94. The first-order chi connectivity index (χ1) is 11.2. The van der Waals surface area contributed by atoms with Gasteiger partial charge in [-0.05, 0) is 37.1 Å². The van der Waals surface area contributed by atoms with Gasteiger partial charge in [0.1, 0.15) is 11.3 Å². The summed E-state index contributed by atoms with van der Waals surface area (Å²) in [7, 11) is 0. The molecule has 0 radical (unpaired) electrons. The summed E-state index contributed by atoms with van der Waals surface area (Å²) in [6, 6.07) is 6.86. The number of nitrogens with zero attached hydrogens (tertiary/aromatic N) is 2. The molecule has 120 valence electrons. The number of ether oxygens (including phenoxy) is 1. The van der Waals surface area contributed by atoms with Gasteiger partial charge in [-0.2, -0.15) is 0 Å². The Balaban J connectivity index is 1.63. The fourth-order valence-electron chi connectivity index (χ4n) is 2.81. The van der Waals surface area contributed by atoms with Crippen LogP contribution >= 0.6 is 0 Å². The van der Waals surface area contributed by atoms with Gasteiger partial charge in [-0.1, -0.05) is 0 Å². The highest BCUT2D eigenvalue weighted by atomic mass is 19.1. The van der Waals surface area contributed by atoms with Crippen molar-refractivity contribution in [3.8, 4) is 0 Å². The average Bonchev–Trinajstić information content (AvgIpc) is 3.40. The Hall–Kier alpha value is -2.21. The zero-order chi connectivity index (χ0) is 15.8. The van der Waals surface area contributed by atoms with Crippen molar-refractivity contribution in [1.82, 2.24) is 4.98 Å². The topological polar surface area (TPSA) is 54.5 Å². The monoisotopic (exact) mass is 315 g/mol. The van der Waals surface area contributed by atoms with Crippen LogP contribution in [0.3, 0.4) is 0 Å². The van der Waals surface area contributed by atoms with Gasteiger partial charge in [0.25, 0.3) is 0 Å². The van der Waals surface area contributed by atoms with Crippen molar-refractivity contribution >= 4 is 28.3 Å². The number of morpholine rings is 1. The van der Waals surface area contributed by atoms with Crippen LogP contribution in [-0.4, -0.2) is 37.2 Å². The quantitative estimate of drug-likeness (QED) is 0.946. The molecule has 2 heterocycles. The molecule has 1 aromatic carbocycles. The minimum atomic E-state index is -0.413. The summed E-state index contributed by atoms with van der Waals surface area (Å²) in [5, 5.41) is 3.47. The number of halogens is 1. The largest absolute Gasteiger partial charge is 0.378 e. The molecule has 0 unspecified atom stereocenters. The first kappa shape index (κ1) is 14.4. The third-order valence-electron chi connectivity index (χ3n) is 4.28. The van der Waals surface area contributed by atoms with Crippen molar-refractivity contribution in [2.45, 2.75) is 12.8 Å². The summed E-state index contributed by atoms with van der Waals surface area (Å²) in [5.74, 6) is 0.412. The fraction of sp³-hybridized carbons (Fsp3) is 0.412. The highest BCUT2D eigenvalue weighted by molar-refractivity contribution is 5.96. The third kappa shape index (κ3) is 2.99. The number of anilines is 2. The van der Waals surface area contributed by atoms with Crippen molar-refractivity contribution in [2.24, 2.45) is 5.92 Å². The van der Waals surface area contributed by atoms with Crippen molar-refractivity contribution in [3.63, 3.8) is 0 Å². The summed E-state index contributed by atoms with van der Waals surface area (Å²) in [6.45, 7) is 2.84. The Morgan fingerprint density at radius 2 is 2.04 bits per heavy atom. The normalized spacial score (nSPS) is 18.2. The molecule has 2 aliphatic rings. The average molecular weight is 315 g/mol. The summed E-state index contributed by atoms with van der Waals surface area (Å²) in [5.41, 5.74) is 0.825.